The zero-order chi connectivity index (χ0) is 20.8. The van der Waals surface area contributed by atoms with E-state index in [1.54, 1.807) is 11.8 Å². The van der Waals surface area contributed by atoms with Crippen LogP contribution in [0.3, 0.4) is 0 Å². The van der Waals surface area contributed by atoms with E-state index in [-0.39, 0.29) is 11.7 Å². The van der Waals surface area contributed by atoms with E-state index in [0.717, 1.165) is 73.5 Å². The number of anilines is 1. The van der Waals surface area contributed by atoms with Crippen molar-refractivity contribution in [2.24, 2.45) is 0 Å². The van der Waals surface area contributed by atoms with Crippen LogP contribution in [-0.2, 0) is 11.2 Å². The number of halogens is 1. The van der Waals surface area contributed by atoms with Gasteiger partial charge in [-0.2, -0.15) is 0 Å². The van der Waals surface area contributed by atoms with E-state index in [0.29, 0.717) is 13.0 Å². The SMILES string of the molecule is CC(=O)N1CCc2cc(C(=O)CCCCN(C)CCC3=C(Cl)CCC=C3)ccc21. The Hall–Kier alpha value is -1.91. The van der Waals surface area contributed by atoms with Crippen LogP contribution in [0.15, 0.2) is 41.0 Å². The van der Waals surface area contributed by atoms with Gasteiger partial charge in [0, 0.05) is 42.7 Å². The summed E-state index contributed by atoms with van der Waals surface area (Å²) in [4.78, 5) is 28.3. The number of hydrogen-bond donors (Lipinski definition) is 0. The molecule has 1 amide bonds. The average Bonchev–Trinajstić information content (AvgIpc) is 3.14. The van der Waals surface area contributed by atoms with Gasteiger partial charge < -0.3 is 9.80 Å². The summed E-state index contributed by atoms with van der Waals surface area (Å²) in [5.74, 6) is 0.256. The zero-order valence-electron chi connectivity index (χ0n) is 17.5. The average molecular weight is 415 g/mol. The summed E-state index contributed by atoms with van der Waals surface area (Å²) in [5, 5.41) is 1.01. The van der Waals surface area contributed by atoms with Gasteiger partial charge in [-0.1, -0.05) is 23.8 Å². The molecule has 4 nitrogen and oxygen atoms in total. The van der Waals surface area contributed by atoms with Crippen molar-refractivity contribution in [3.05, 3.63) is 52.1 Å². The summed E-state index contributed by atoms with van der Waals surface area (Å²) >= 11 is 6.30. The van der Waals surface area contributed by atoms with E-state index >= 15 is 0 Å². The van der Waals surface area contributed by atoms with Crippen molar-refractivity contribution >= 4 is 29.0 Å². The van der Waals surface area contributed by atoms with Gasteiger partial charge in [0.15, 0.2) is 5.78 Å². The number of fused-ring (bicyclic) bond motifs is 1. The maximum Gasteiger partial charge on any atom is 0.223 e. The molecule has 0 aromatic heterocycles. The van der Waals surface area contributed by atoms with Crippen LogP contribution in [0.2, 0.25) is 0 Å². The number of rotatable bonds is 9. The molecule has 0 atom stereocenters. The van der Waals surface area contributed by atoms with Gasteiger partial charge in [0.25, 0.3) is 0 Å². The maximum atomic E-state index is 12.6. The summed E-state index contributed by atoms with van der Waals surface area (Å²) in [6.45, 7) is 4.27. The first kappa shape index (κ1) is 21.8. The lowest BCUT2D eigenvalue weighted by Crippen LogP contribution is -2.25. The molecular formula is C24H31ClN2O2. The van der Waals surface area contributed by atoms with Crippen LogP contribution in [0.1, 0.15) is 61.4 Å². The number of benzene rings is 1. The summed E-state index contributed by atoms with van der Waals surface area (Å²) in [6.07, 6.45) is 10.7. The van der Waals surface area contributed by atoms with Crippen molar-refractivity contribution in [1.29, 1.82) is 0 Å². The minimum Gasteiger partial charge on any atom is -0.312 e. The lowest BCUT2D eigenvalue weighted by Gasteiger charge is -2.18. The van der Waals surface area contributed by atoms with Crippen LogP contribution >= 0.6 is 11.6 Å². The van der Waals surface area contributed by atoms with E-state index in [9.17, 15) is 9.59 Å². The second-order valence-corrected chi connectivity index (χ2v) is 8.53. The molecule has 156 valence electrons. The Balaban J connectivity index is 1.39. The van der Waals surface area contributed by atoms with Gasteiger partial charge in [-0.15, -0.1) is 0 Å². The van der Waals surface area contributed by atoms with E-state index in [2.05, 4.69) is 24.1 Å². The summed E-state index contributed by atoms with van der Waals surface area (Å²) in [6, 6.07) is 5.76. The molecule has 1 aliphatic carbocycles. The van der Waals surface area contributed by atoms with Crippen molar-refractivity contribution in [2.75, 3.05) is 31.6 Å². The Morgan fingerprint density at radius 3 is 2.76 bits per heavy atom. The lowest BCUT2D eigenvalue weighted by molar-refractivity contribution is -0.116. The third-order valence-corrected chi connectivity index (χ3v) is 6.26. The van der Waals surface area contributed by atoms with Gasteiger partial charge in [-0.3, -0.25) is 9.59 Å². The van der Waals surface area contributed by atoms with Crippen LogP contribution in [0, 0.1) is 0 Å². The standard InChI is InChI=1S/C24H31ClN2O2/c1-18(28)27-16-13-20-17-21(10-11-23(20)27)24(29)9-5-6-14-26(2)15-12-19-7-3-4-8-22(19)25/h3,7,10-11,17H,4-6,8-9,12-16H2,1-2H3. The van der Waals surface area contributed by atoms with Gasteiger partial charge in [0.1, 0.15) is 0 Å². The number of amides is 1. The molecule has 0 radical (unpaired) electrons. The van der Waals surface area contributed by atoms with E-state index < -0.39 is 0 Å². The molecule has 1 aromatic carbocycles. The highest BCUT2D eigenvalue weighted by molar-refractivity contribution is 6.30. The summed E-state index contributed by atoms with van der Waals surface area (Å²) < 4.78 is 0. The van der Waals surface area contributed by atoms with E-state index in [4.69, 9.17) is 11.6 Å². The van der Waals surface area contributed by atoms with Gasteiger partial charge in [0.05, 0.1) is 0 Å². The first-order valence-corrected chi connectivity index (χ1v) is 11.0. The Bertz CT molecular complexity index is 828. The fourth-order valence-corrected chi connectivity index (χ4v) is 4.31. The molecule has 0 saturated carbocycles. The van der Waals surface area contributed by atoms with Gasteiger partial charge in [-0.05, 0) is 81.5 Å². The van der Waals surface area contributed by atoms with Gasteiger partial charge >= 0.3 is 0 Å². The fraction of sp³-hybridized carbons (Fsp3) is 0.500. The molecule has 1 aromatic rings. The highest BCUT2D eigenvalue weighted by Crippen LogP contribution is 2.29. The number of nitrogens with zero attached hydrogens (tertiary/aromatic N) is 2. The van der Waals surface area contributed by atoms with Crippen molar-refractivity contribution in [3.63, 3.8) is 0 Å². The molecule has 0 unspecified atom stereocenters. The summed E-state index contributed by atoms with van der Waals surface area (Å²) in [5.41, 5.74) is 4.10. The molecule has 0 saturated heterocycles. The van der Waals surface area contributed by atoms with E-state index in [1.807, 2.05) is 18.2 Å². The number of hydrogen-bond acceptors (Lipinski definition) is 3. The summed E-state index contributed by atoms with van der Waals surface area (Å²) in [7, 11) is 2.13. The number of carbonyl (C=O) groups is 2. The molecule has 5 heteroatoms. The zero-order valence-corrected chi connectivity index (χ0v) is 18.3. The number of carbonyl (C=O) groups excluding carboxylic acids is 2. The number of Topliss-reactive ketones (excluding diaryl/α,β-unsaturated/α-hetero) is 1. The monoisotopic (exact) mass is 414 g/mol. The van der Waals surface area contributed by atoms with Crippen LogP contribution in [0.25, 0.3) is 0 Å². The highest BCUT2D eigenvalue weighted by atomic mass is 35.5. The Morgan fingerprint density at radius 1 is 1.17 bits per heavy atom. The van der Waals surface area contributed by atoms with Crippen LogP contribution in [-0.4, -0.2) is 43.3 Å². The molecular weight excluding hydrogens is 384 g/mol. The van der Waals surface area contributed by atoms with Gasteiger partial charge in [-0.25, -0.2) is 0 Å². The third-order valence-electron chi connectivity index (χ3n) is 5.83. The van der Waals surface area contributed by atoms with Crippen molar-refractivity contribution in [2.45, 2.75) is 51.9 Å². The largest absolute Gasteiger partial charge is 0.312 e. The normalized spacial score (nSPS) is 15.9. The Labute approximate surface area is 179 Å². The van der Waals surface area contributed by atoms with E-state index in [1.165, 1.54) is 5.57 Å². The number of allylic oxidation sites excluding steroid dienone is 3. The van der Waals surface area contributed by atoms with Crippen molar-refractivity contribution in [1.82, 2.24) is 4.90 Å². The molecule has 3 rings (SSSR count). The lowest BCUT2D eigenvalue weighted by atomic mass is 10.0. The number of unbranched alkanes of at least 4 members (excludes halogenated alkanes) is 1. The quantitative estimate of drug-likeness (QED) is 0.416. The molecule has 0 spiro atoms. The highest BCUT2D eigenvalue weighted by Gasteiger charge is 2.23. The predicted octanol–water partition coefficient (Wildman–Crippen LogP) is 5.11. The third kappa shape index (κ3) is 5.80. The van der Waals surface area contributed by atoms with Crippen LogP contribution in [0.5, 0.6) is 0 Å². The molecule has 0 N–H and O–H groups in total. The number of ketones is 1. The smallest absolute Gasteiger partial charge is 0.223 e. The first-order chi connectivity index (χ1) is 14.0. The second-order valence-electron chi connectivity index (χ2n) is 8.07. The first-order valence-electron chi connectivity index (χ1n) is 10.6. The van der Waals surface area contributed by atoms with Gasteiger partial charge in [0.2, 0.25) is 5.91 Å². The maximum absolute atomic E-state index is 12.6. The molecule has 0 bridgehead atoms. The molecule has 29 heavy (non-hydrogen) atoms. The minimum absolute atomic E-state index is 0.0602. The van der Waals surface area contributed by atoms with Crippen LogP contribution < -0.4 is 4.90 Å². The van der Waals surface area contributed by atoms with Crippen molar-refractivity contribution in [3.8, 4) is 0 Å². The Kier molecular flexibility index (Phi) is 7.68. The molecule has 0 fully saturated rings. The van der Waals surface area contributed by atoms with Crippen molar-refractivity contribution < 1.29 is 9.59 Å². The Morgan fingerprint density at radius 2 is 2.00 bits per heavy atom. The minimum atomic E-state index is 0.0602. The fourth-order valence-electron chi connectivity index (χ4n) is 4.04. The topological polar surface area (TPSA) is 40.6 Å². The molecule has 1 aliphatic heterocycles. The predicted molar refractivity (Wildman–Crippen MR) is 120 cm³/mol. The van der Waals surface area contributed by atoms with Crippen LogP contribution in [0.4, 0.5) is 5.69 Å². The molecule has 2 aliphatic rings. The second kappa shape index (κ2) is 10.2. The molecule has 1 heterocycles.